The average Bonchev–Trinajstić information content (AvgIpc) is 2.39. The molecule has 0 aromatic rings. The lowest BCUT2D eigenvalue weighted by molar-refractivity contribution is -0.146. The van der Waals surface area contributed by atoms with E-state index in [0.29, 0.717) is 19.7 Å². The molecule has 1 heterocycles. The Morgan fingerprint density at radius 3 is 2.83 bits per heavy atom. The van der Waals surface area contributed by atoms with Crippen molar-refractivity contribution in [1.29, 1.82) is 0 Å². The molecule has 0 radical (unpaired) electrons. The van der Waals surface area contributed by atoms with Crippen LogP contribution in [0.1, 0.15) is 25.7 Å². The number of methoxy groups -OCH3 is 1. The van der Waals surface area contributed by atoms with Crippen molar-refractivity contribution >= 4 is 11.9 Å². The third-order valence-electron chi connectivity index (χ3n) is 3.07. The van der Waals surface area contributed by atoms with E-state index in [1.54, 1.807) is 4.90 Å². The zero-order chi connectivity index (χ0) is 13.4. The maximum Gasteiger partial charge on any atom is 0.307 e. The highest BCUT2D eigenvalue weighted by Gasteiger charge is 2.28. The van der Waals surface area contributed by atoms with Crippen LogP contribution in [0.2, 0.25) is 0 Å². The molecule has 0 saturated carbocycles. The number of hydrogen-bond acceptors (Lipinski definition) is 5. The fourth-order valence-corrected chi connectivity index (χ4v) is 2.14. The summed E-state index contributed by atoms with van der Waals surface area (Å²) >= 11 is 0. The van der Waals surface area contributed by atoms with Crippen molar-refractivity contribution in [3.05, 3.63) is 0 Å². The zero-order valence-electron chi connectivity index (χ0n) is 10.9. The molecule has 0 spiro atoms. The van der Waals surface area contributed by atoms with Gasteiger partial charge in [0, 0.05) is 19.1 Å². The summed E-state index contributed by atoms with van der Waals surface area (Å²) in [5.41, 5.74) is 5.29. The number of rotatable bonds is 6. The highest BCUT2D eigenvalue weighted by atomic mass is 16.5. The molecule has 6 nitrogen and oxygen atoms in total. The SMILES string of the molecule is COC(=O)CC1CCCCN1C(=O)COCCN. The number of carbonyl (C=O) groups excluding carboxylic acids is 2. The average molecular weight is 258 g/mol. The Kier molecular flexibility index (Phi) is 6.67. The van der Waals surface area contributed by atoms with Crippen LogP contribution >= 0.6 is 0 Å². The molecule has 1 unspecified atom stereocenters. The molecule has 6 heteroatoms. The van der Waals surface area contributed by atoms with Gasteiger partial charge in [-0.1, -0.05) is 0 Å². The third kappa shape index (κ3) is 4.62. The van der Waals surface area contributed by atoms with Gasteiger partial charge < -0.3 is 20.1 Å². The van der Waals surface area contributed by atoms with Crippen molar-refractivity contribution in [2.45, 2.75) is 31.7 Å². The number of esters is 1. The van der Waals surface area contributed by atoms with Gasteiger partial charge in [-0.05, 0) is 19.3 Å². The standard InChI is InChI=1S/C12H22N2O4/c1-17-12(16)8-10-4-2-3-6-14(10)11(15)9-18-7-5-13/h10H,2-9,13H2,1H3. The Bertz CT molecular complexity index is 283. The monoisotopic (exact) mass is 258 g/mol. The Balaban J connectivity index is 2.47. The van der Waals surface area contributed by atoms with E-state index in [9.17, 15) is 9.59 Å². The summed E-state index contributed by atoms with van der Waals surface area (Å²) in [6.07, 6.45) is 3.12. The Labute approximate surface area is 107 Å². The number of nitrogens with zero attached hydrogens (tertiary/aromatic N) is 1. The summed E-state index contributed by atoms with van der Waals surface area (Å²) in [6.45, 7) is 1.50. The molecular formula is C12H22N2O4. The van der Waals surface area contributed by atoms with Crippen LogP contribution in [0, 0.1) is 0 Å². The normalized spacial score (nSPS) is 19.7. The predicted molar refractivity (Wildman–Crippen MR) is 65.9 cm³/mol. The molecular weight excluding hydrogens is 236 g/mol. The van der Waals surface area contributed by atoms with Crippen LogP contribution < -0.4 is 5.73 Å². The van der Waals surface area contributed by atoms with Crippen molar-refractivity contribution < 1.29 is 19.1 Å². The lowest BCUT2D eigenvalue weighted by Crippen LogP contribution is -2.46. The summed E-state index contributed by atoms with van der Waals surface area (Å²) in [7, 11) is 1.36. The summed E-state index contributed by atoms with van der Waals surface area (Å²) in [4.78, 5) is 25.0. The molecule has 1 aliphatic heterocycles. The summed E-state index contributed by atoms with van der Waals surface area (Å²) in [5, 5.41) is 0. The number of hydrogen-bond donors (Lipinski definition) is 1. The van der Waals surface area contributed by atoms with Crippen molar-refractivity contribution in [1.82, 2.24) is 4.90 Å². The number of piperidine rings is 1. The van der Waals surface area contributed by atoms with Crippen LogP contribution in [-0.2, 0) is 19.1 Å². The molecule has 1 amide bonds. The van der Waals surface area contributed by atoms with Gasteiger partial charge in [-0.3, -0.25) is 9.59 Å². The highest BCUT2D eigenvalue weighted by Crippen LogP contribution is 2.20. The minimum absolute atomic E-state index is 0.0366. The Morgan fingerprint density at radius 2 is 2.17 bits per heavy atom. The van der Waals surface area contributed by atoms with E-state index in [0.717, 1.165) is 19.3 Å². The first-order valence-corrected chi connectivity index (χ1v) is 6.33. The van der Waals surface area contributed by atoms with Crippen molar-refractivity contribution in [3.63, 3.8) is 0 Å². The van der Waals surface area contributed by atoms with Gasteiger partial charge in [0.1, 0.15) is 6.61 Å². The smallest absolute Gasteiger partial charge is 0.307 e. The summed E-state index contributed by atoms with van der Waals surface area (Å²) in [6, 6.07) is -0.0554. The maximum absolute atomic E-state index is 12.0. The molecule has 0 aliphatic carbocycles. The van der Waals surface area contributed by atoms with E-state index in [4.69, 9.17) is 10.5 Å². The fourth-order valence-electron chi connectivity index (χ4n) is 2.14. The summed E-state index contributed by atoms with van der Waals surface area (Å²) < 4.78 is 9.80. The van der Waals surface area contributed by atoms with Gasteiger partial charge >= 0.3 is 5.97 Å². The zero-order valence-corrected chi connectivity index (χ0v) is 10.9. The van der Waals surface area contributed by atoms with E-state index in [1.165, 1.54) is 7.11 Å². The summed E-state index contributed by atoms with van der Waals surface area (Å²) in [5.74, 6) is -0.348. The first-order chi connectivity index (χ1) is 8.69. The van der Waals surface area contributed by atoms with Crippen molar-refractivity contribution in [3.8, 4) is 0 Å². The Hall–Kier alpha value is -1.14. The number of ether oxygens (including phenoxy) is 2. The first-order valence-electron chi connectivity index (χ1n) is 6.33. The van der Waals surface area contributed by atoms with Crippen LogP contribution in [0.25, 0.3) is 0 Å². The molecule has 2 N–H and O–H groups in total. The Morgan fingerprint density at radius 1 is 1.39 bits per heavy atom. The predicted octanol–water partition coefficient (Wildman–Crippen LogP) is -0.0941. The first kappa shape index (κ1) is 14.9. The van der Waals surface area contributed by atoms with Gasteiger partial charge in [-0.25, -0.2) is 0 Å². The van der Waals surface area contributed by atoms with Gasteiger partial charge in [0.25, 0.3) is 0 Å². The van der Waals surface area contributed by atoms with Crippen LogP contribution in [-0.4, -0.2) is 56.2 Å². The molecule has 1 fully saturated rings. The minimum Gasteiger partial charge on any atom is -0.469 e. The molecule has 1 rings (SSSR count). The second kappa shape index (κ2) is 8.05. The number of likely N-dealkylation sites (tertiary alicyclic amines) is 1. The molecule has 1 saturated heterocycles. The van der Waals surface area contributed by atoms with Crippen molar-refractivity contribution in [2.75, 3.05) is 33.4 Å². The lowest BCUT2D eigenvalue weighted by atomic mass is 9.99. The number of carbonyl (C=O) groups is 2. The molecule has 18 heavy (non-hydrogen) atoms. The largest absolute Gasteiger partial charge is 0.469 e. The second-order valence-corrected chi connectivity index (χ2v) is 4.36. The molecule has 1 aliphatic rings. The molecule has 0 aromatic heterocycles. The van der Waals surface area contributed by atoms with E-state index in [1.807, 2.05) is 0 Å². The van der Waals surface area contributed by atoms with Gasteiger partial charge in [0.05, 0.1) is 20.1 Å². The quantitative estimate of drug-likeness (QED) is 0.531. The van der Waals surface area contributed by atoms with Crippen molar-refractivity contribution in [2.24, 2.45) is 5.73 Å². The van der Waals surface area contributed by atoms with Crippen LogP contribution in [0.4, 0.5) is 0 Å². The minimum atomic E-state index is -0.275. The van der Waals surface area contributed by atoms with E-state index in [-0.39, 0.29) is 30.9 Å². The number of nitrogens with two attached hydrogens (primary N) is 1. The highest BCUT2D eigenvalue weighted by molar-refractivity contribution is 5.79. The van der Waals surface area contributed by atoms with Crippen LogP contribution in [0.3, 0.4) is 0 Å². The van der Waals surface area contributed by atoms with Crippen LogP contribution in [0.5, 0.6) is 0 Å². The van der Waals surface area contributed by atoms with Gasteiger partial charge in [-0.2, -0.15) is 0 Å². The lowest BCUT2D eigenvalue weighted by Gasteiger charge is -2.35. The van der Waals surface area contributed by atoms with Gasteiger partial charge in [-0.15, -0.1) is 0 Å². The van der Waals surface area contributed by atoms with Crippen LogP contribution in [0.15, 0.2) is 0 Å². The molecule has 0 bridgehead atoms. The molecule has 0 aromatic carbocycles. The topological polar surface area (TPSA) is 81.9 Å². The second-order valence-electron chi connectivity index (χ2n) is 4.36. The number of amides is 1. The fraction of sp³-hybridized carbons (Fsp3) is 0.833. The van der Waals surface area contributed by atoms with Gasteiger partial charge in [0.15, 0.2) is 0 Å². The van der Waals surface area contributed by atoms with E-state index < -0.39 is 0 Å². The van der Waals surface area contributed by atoms with Gasteiger partial charge in [0.2, 0.25) is 5.91 Å². The maximum atomic E-state index is 12.0. The van der Waals surface area contributed by atoms with E-state index >= 15 is 0 Å². The third-order valence-corrected chi connectivity index (χ3v) is 3.07. The van der Waals surface area contributed by atoms with E-state index in [2.05, 4.69) is 4.74 Å². The molecule has 104 valence electrons. The molecule has 1 atom stereocenters.